The van der Waals surface area contributed by atoms with E-state index in [-0.39, 0.29) is 5.78 Å². The molecule has 0 N–H and O–H groups in total. The highest BCUT2D eigenvalue weighted by atomic mass is 16.5. The summed E-state index contributed by atoms with van der Waals surface area (Å²) in [6.07, 6.45) is 2.18. The zero-order valence-electron chi connectivity index (χ0n) is 10.9. The first-order chi connectivity index (χ1) is 8.13. The van der Waals surface area contributed by atoms with E-state index in [1.54, 1.807) is 0 Å². The van der Waals surface area contributed by atoms with Crippen LogP contribution in [0.15, 0.2) is 24.3 Å². The summed E-state index contributed by atoms with van der Waals surface area (Å²) in [5.41, 5.74) is 0.738. The van der Waals surface area contributed by atoms with Crippen molar-refractivity contribution in [3.63, 3.8) is 0 Å². The predicted molar refractivity (Wildman–Crippen MR) is 69.7 cm³/mol. The Balaban J connectivity index is 2.52. The maximum absolute atomic E-state index is 11.7. The minimum absolute atomic E-state index is 0.134. The first-order valence-corrected chi connectivity index (χ1v) is 6.04. The monoisotopic (exact) mass is 235 g/mol. The summed E-state index contributed by atoms with van der Waals surface area (Å²) in [7, 11) is 3.78. The molecule has 0 amide bonds. The van der Waals surface area contributed by atoms with E-state index in [0.29, 0.717) is 6.54 Å². The molecule has 3 heteroatoms. The standard InChI is InChI=1S/C14H21NO2/c1-4-5-10-17-13-8-6-12(7-9-13)14(16)11-15(2)3/h6-9H,4-5,10-11H2,1-3H3. The lowest BCUT2D eigenvalue weighted by Crippen LogP contribution is -2.21. The van der Waals surface area contributed by atoms with Crippen LogP contribution in [-0.2, 0) is 0 Å². The van der Waals surface area contributed by atoms with Gasteiger partial charge in [0, 0.05) is 5.56 Å². The van der Waals surface area contributed by atoms with Crippen molar-refractivity contribution in [1.29, 1.82) is 0 Å². The third-order valence-electron chi connectivity index (χ3n) is 2.40. The molecule has 17 heavy (non-hydrogen) atoms. The summed E-state index contributed by atoms with van der Waals surface area (Å²) in [5, 5.41) is 0. The summed E-state index contributed by atoms with van der Waals surface area (Å²) in [5.74, 6) is 0.968. The molecule has 94 valence electrons. The lowest BCUT2D eigenvalue weighted by atomic mass is 10.1. The first-order valence-electron chi connectivity index (χ1n) is 6.04. The smallest absolute Gasteiger partial charge is 0.176 e. The molecule has 0 aliphatic carbocycles. The topological polar surface area (TPSA) is 29.5 Å². The number of hydrogen-bond acceptors (Lipinski definition) is 3. The molecule has 1 aromatic carbocycles. The van der Waals surface area contributed by atoms with Gasteiger partial charge in [0.15, 0.2) is 5.78 Å². The Morgan fingerprint density at radius 3 is 2.41 bits per heavy atom. The Morgan fingerprint density at radius 2 is 1.88 bits per heavy atom. The van der Waals surface area contributed by atoms with Crippen LogP contribution in [0, 0.1) is 0 Å². The molecule has 0 spiro atoms. The average Bonchev–Trinajstić information content (AvgIpc) is 2.29. The van der Waals surface area contributed by atoms with Gasteiger partial charge in [-0.3, -0.25) is 4.79 Å². The number of ketones is 1. The highest BCUT2D eigenvalue weighted by molar-refractivity contribution is 5.97. The van der Waals surface area contributed by atoms with Crippen molar-refractivity contribution in [1.82, 2.24) is 4.90 Å². The molecule has 0 aliphatic rings. The lowest BCUT2D eigenvalue weighted by molar-refractivity contribution is 0.0958. The van der Waals surface area contributed by atoms with Crippen molar-refractivity contribution in [2.45, 2.75) is 19.8 Å². The van der Waals surface area contributed by atoms with Crippen LogP contribution in [0.25, 0.3) is 0 Å². The molecule has 0 fully saturated rings. The molecular weight excluding hydrogens is 214 g/mol. The van der Waals surface area contributed by atoms with Crippen LogP contribution in [0.2, 0.25) is 0 Å². The number of carbonyl (C=O) groups is 1. The average molecular weight is 235 g/mol. The molecule has 0 radical (unpaired) electrons. The van der Waals surface area contributed by atoms with E-state index < -0.39 is 0 Å². The third-order valence-corrected chi connectivity index (χ3v) is 2.40. The Hall–Kier alpha value is -1.35. The zero-order chi connectivity index (χ0) is 12.7. The van der Waals surface area contributed by atoms with E-state index in [9.17, 15) is 4.79 Å². The summed E-state index contributed by atoms with van der Waals surface area (Å²) < 4.78 is 5.54. The van der Waals surface area contributed by atoms with Gasteiger partial charge < -0.3 is 9.64 Å². The molecule has 1 rings (SSSR count). The molecule has 0 unspecified atom stereocenters. The minimum Gasteiger partial charge on any atom is -0.494 e. The number of likely N-dealkylation sites (N-methyl/N-ethyl adjacent to an activating group) is 1. The number of ether oxygens (including phenoxy) is 1. The Kier molecular flexibility index (Phi) is 5.70. The number of hydrogen-bond donors (Lipinski definition) is 0. The Morgan fingerprint density at radius 1 is 1.24 bits per heavy atom. The summed E-state index contributed by atoms with van der Waals surface area (Å²) in [6, 6.07) is 7.37. The number of benzene rings is 1. The Labute approximate surface area is 103 Å². The fourth-order valence-corrected chi connectivity index (χ4v) is 1.45. The second-order valence-corrected chi connectivity index (χ2v) is 4.39. The van der Waals surface area contributed by atoms with Gasteiger partial charge in [0.25, 0.3) is 0 Å². The maximum atomic E-state index is 11.7. The van der Waals surface area contributed by atoms with Crippen molar-refractivity contribution < 1.29 is 9.53 Å². The predicted octanol–water partition coefficient (Wildman–Crippen LogP) is 2.61. The van der Waals surface area contributed by atoms with Crippen molar-refractivity contribution >= 4 is 5.78 Å². The second kappa shape index (κ2) is 7.07. The molecule has 0 heterocycles. The molecule has 0 bridgehead atoms. The second-order valence-electron chi connectivity index (χ2n) is 4.39. The molecule has 0 aromatic heterocycles. The molecule has 0 aliphatic heterocycles. The molecular formula is C14H21NO2. The SMILES string of the molecule is CCCCOc1ccc(C(=O)CN(C)C)cc1. The van der Waals surface area contributed by atoms with Gasteiger partial charge >= 0.3 is 0 Å². The van der Waals surface area contributed by atoms with Crippen molar-refractivity contribution in [3.05, 3.63) is 29.8 Å². The molecule has 3 nitrogen and oxygen atoms in total. The van der Waals surface area contributed by atoms with Crippen molar-refractivity contribution in [2.24, 2.45) is 0 Å². The van der Waals surface area contributed by atoms with Gasteiger partial charge in [0.2, 0.25) is 0 Å². The summed E-state index contributed by atoms with van der Waals surface area (Å²) in [6.45, 7) is 3.31. The quantitative estimate of drug-likeness (QED) is 0.537. The van der Waals surface area contributed by atoms with Gasteiger partial charge in [0.05, 0.1) is 13.2 Å². The Bertz CT molecular complexity index is 344. The van der Waals surface area contributed by atoms with E-state index in [1.165, 1.54) is 0 Å². The van der Waals surface area contributed by atoms with Crippen LogP contribution in [0.5, 0.6) is 5.75 Å². The van der Waals surface area contributed by atoms with Crippen LogP contribution in [0.1, 0.15) is 30.1 Å². The largest absolute Gasteiger partial charge is 0.494 e. The van der Waals surface area contributed by atoms with E-state index in [4.69, 9.17) is 4.74 Å². The van der Waals surface area contributed by atoms with E-state index in [1.807, 2.05) is 43.3 Å². The number of carbonyl (C=O) groups excluding carboxylic acids is 1. The van der Waals surface area contributed by atoms with Crippen LogP contribution in [-0.4, -0.2) is 37.9 Å². The fourth-order valence-electron chi connectivity index (χ4n) is 1.45. The van der Waals surface area contributed by atoms with E-state index in [0.717, 1.165) is 30.8 Å². The third kappa shape index (κ3) is 5.00. The van der Waals surface area contributed by atoms with Gasteiger partial charge in [-0.25, -0.2) is 0 Å². The van der Waals surface area contributed by atoms with Gasteiger partial charge in [0.1, 0.15) is 5.75 Å². The molecule has 0 atom stereocenters. The molecule has 1 aromatic rings. The number of rotatable bonds is 7. The van der Waals surface area contributed by atoms with Gasteiger partial charge in [-0.2, -0.15) is 0 Å². The van der Waals surface area contributed by atoms with Crippen LogP contribution in [0.3, 0.4) is 0 Å². The minimum atomic E-state index is 0.134. The number of nitrogens with zero attached hydrogens (tertiary/aromatic N) is 1. The van der Waals surface area contributed by atoms with E-state index >= 15 is 0 Å². The lowest BCUT2D eigenvalue weighted by Gasteiger charge is -2.09. The fraction of sp³-hybridized carbons (Fsp3) is 0.500. The van der Waals surface area contributed by atoms with Gasteiger partial charge in [-0.1, -0.05) is 13.3 Å². The van der Waals surface area contributed by atoms with Crippen molar-refractivity contribution in [3.8, 4) is 5.75 Å². The summed E-state index contributed by atoms with van der Waals surface area (Å²) >= 11 is 0. The van der Waals surface area contributed by atoms with Crippen LogP contribution >= 0.6 is 0 Å². The highest BCUT2D eigenvalue weighted by Crippen LogP contribution is 2.13. The molecule has 0 saturated heterocycles. The molecule has 0 saturated carbocycles. The number of Topliss-reactive ketones (excluding diaryl/α,β-unsaturated/α-hetero) is 1. The zero-order valence-corrected chi connectivity index (χ0v) is 10.9. The highest BCUT2D eigenvalue weighted by Gasteiger charge is 2.06. The van der Waals surface area contributed by atoms with Gasteiger partial charge in [-0.15, -0.1) is 0 Å². The number of unbranched alkanes of at least 4 members (excludes halogenated alkanes) is 1. The van der Waals surface area contributed by atoms with Gasteiger partial charge in [-0.05, 0) is 44.8 Å². The summed E-state index contributed by atoms with van der Waals surface area (Å²) in [4.78, 5) is 13.6. The normalized spacial score (nSPS) is 10.6. The van der Waals surface area contributed by atoms with Crippen molar-refractivity contribution in [2.75, 3.05) is 27.2 Å². The van der Waals surface area contributed by atoms with Crippen LogP contribution in [0.4, 0.5) is 0 Å². The maximum Gasteiger partial charge on any atom is 0.176 e. The van der Waals surface area contributed by atoms with E-state index in [2.05, 4.69) is 6.92 Å². The van der Waals surface area contributed by atoms with Crippen LogP contribution < -0.4 is 4.74 Å². The first kappa shape index (κ1) is 13.7.